The number of hydrogen-bond acceptors (Lipinski definition) is 5. The second kappa shape index (κ2) is 7.33. The van der Waals surface area contributed by atoms with E-state index in [0.717, 1.165) is 53.1 Å². The molecule has 2 aliphatic heterocycles. The number of amides is 1. The third-order valence-corrected chi connectivity index (χ3v) is 5.29. The second-order valence-electron chi connectivity index (χ2n) is 6.38. The average molecular weight is 364 g/mol. The predicted octanol–water partition coefficient (Wildman–Crippen LogP) is 3.93. The number of aromatic nitrogens is 1. The number of likely N-dealkylation sites (tertiary alicyclic amines) is 1. The number of rotatable bonds is 2. The highest BCUT2D eigenvalue weighted by molar-refractivity contribution is 8.14. The van der Waals surface area contributed by atoms with Gasteiger partial charge in [-0.05, 0) is 55.8 Å². The van der Waals surface area contributed by atoms with Crippen molar-refractivity contribution in [3.63, 3.8) is 0 Å². The highest BCUT2D eigenvalue weighted by Gasteiger charge is 2.22. The molecular weight excluding hydrogens is 344 g/mol. The Bertz CT molecular complexity index is 886. The smallest absolute Gasteiger partial charge is 0.248 e. The van der Waals surface area contributed by atoms with Crippen molar-refractivity contribution >= 4 is 34.2 Å². The summed E-state index contributed by atoms with van der Waals surface area (Å²) in [5.74, 6) is 0.0266. The molecule has 2 aliphatic rings. The predicted molar refractivity (Wildman–Crippen MR) is 106 cm³/mol. The van der Waals surface area contributed by atoms with E-state index in [9.17, 15) is 4.79 Å². The third-order valence-electron chi connectivity index (χ3n) is 4.39. The van der Waals surface area contributed by atoms with Gasteiger partial charge in [-0.15, -0.1) is 0 Å². The fourth-order valence-corrected chi connectivity index (χ4v) is 4.01. The van der Waals surface area contributed by atoms with Crippen LogP contribution in [0.25, 0.3) is 5.70 Å². The Hall–Kier alpha value is -2.60. The number of fused-ring (bicyclic) bond motifs is 1. The number of thioether (sulfide) groups is 1. The zero-order chi connectivity index (χ0) is 17.9. The number of para-hydroxylation sites is 1. The minimum Gasteiger partial charge on any atom is -0.339 e. The number of anilines is 1. The highest BCUT2D eigenvalue weighted by atomic mass is 32.2. The van der Waals surface area contributed by atoms with Crippen LogP contribution < -0.4 is 5.32 Å². The van der Waals surface area contributed by atoms with Gasteiger partial charge >= 0.3 is 0 Å². The van der Waals surface area contributed by atoms with Crippen LogP contribution in [0.3, 0.4) is 0 Å². The molecule has 0 bridgehead atoms. The number of pyridine rings is 1. The lowest BCUT2D eigenvalue weighted by molar-refractivity contribution is -0.124. The molecule has 0 spiro atoms. The maximum Gasteiger partial charge on any atom is 0.248 e. The monoisotopic (exact) mass is 364 g/mol. The summed E-state index contributed by atoms with van der Waals surface area (Å²) >= 11 is 1.49. The fourth-order valence-electron chi connectivity index (χ4n) is 3.04. The highest BCUT2D eigenvalue weighted by Crippen LogP contribution is 2.35. The standard InChI is InChI=1S/C20H20N4OS/c1-14-9-10-16-17(13-18(25)24-11-5-6-12-24)23-20(26-19(16)21-14)22-15-7-3-2-4-8-15/h2-4,7-10,13H,5-6,11-12H2,1H3,(H,22,23)/b17-13+. The van der Waals surface area contributed by atoms with Crippen LogP contribution in [-0.2, 0) is 4.79 Å². The quantitative estimate of drug-likeness (QED) is 0.821. The Morgan fingerprint density at radius 3 is 2.69 bits per heavy atom. The topological polar surface area (TPSA) is 57.6 Å². The summed E-state index contributed by atoms with van der Waals surface area (Å²) < 4.78 is 0. The summed E-state index contributed by atoms with van der Waals surface area (Å²) in [5, 5.41) is 4.92. The fraction of sp³-hybridized carbons (Fsp3) is 0.250. The van der Waals surface area contributed by atoms with Crippen LogP contribution in [0, 0.1) is 6.92 Å². The number of carbonyl (C=O) groups is 1. The van der Waals surface area contributed by atoms with E-state index in [4.69, 9.17) is 4.99 Å². The van der Waals surface area contributed by atoms with Crippen molar-refractivity contribution in [3.8, 4) is 0 Å². The minimum atomic E-state index is 0.0266. The molecule has 1 aromatic carbocycles. The molecule has 1 saturated heterocycles. The summed E-state index contributed by atoms with van der Waals surface area (Å²) in [6.45, 7) is 3.63. The van der Waals surface area contributed by atoms with Gasteiger partial charge in [-0.2, -0.15) is 0 Å². The first kappa shape index (κ1) is 16.8. The Morgan fingerprint density at radius 1 is 1.15 bits per heavy atom. The molecule has 0 saturated carbocycles. The summed E-state index contributed by atoms with van der Waals surface area (Å²) in [6.07, 6.45) is 3.80. The van der Waals surface area contributed by atoms with Crippen LogP contribution in [0.2, 0.25) is 0 Å². The van der Waals surface area contributed by atoms with E-state index in [1.807, 2.05) is 54.3 Å². The maximum atomic E-state index is 12.6. The first-order valence-corrected chi connectivity index (χ1v) is 9.58. The van der Waals surface area contributed by atoms with E-state index in [1.54, 1.807) is 6.08 Å². The minimum absolute atomic E-state index is 0.0266. The van der Waals surface area contributed by atoms with E-state index in [-0.39, 0.29) is 5.91 Å². The number of carbonyl (C=O) groups excluding carboxylic acids is 1. The molecule has 4 rings (SSSR count). The van der Waals surface area contributed by atoms with Crippen molar-refractivity contribution in [1.29, 1.82) is 0 Å². The molecule has 0 unspecified atom stereocenters. The first-order chi connectivity index (χ1) is 12.7. The van der Waals surface area contributed by atoms with Crippen LogP contribution in [0.5, 0.6) is 0 Å². The van der Waals surface area contributed by atoms with Gasteiger partial charge in [0, 0.05) is 36.1 Å². The summed E-state index contributed by atoms with van der Waals surface area (Å²) in [7, 11) is 0. The molecule has 0 aliphatic carbocycles. The van der Waals surface area contributed by atoms with Gasteiger partial charge in [-0.3, -0.25) is 4.79 Å². The van der Waals surface area contributed by atoms with E-state index in [1.165, 1.54) is 11.8 Å². The van der Waals surface area contributed by atoms with Crippen molar-refractivity contribution < 1.29 is 4.79 Å². The first-order valence-electron chi connectivity index (χ1n) is 8.76. The molecule has 2 aromatic rings. The molecule has 1 amide bonds. The lowest BCUT2D eigenvalue weighted by Gasteiger charge is -2.19. The number of amidine groups is 1. The maximum absolute atomic E-state index is 12.6. The lowest BCUT2D eigenvalue weighted by atomic mass is 10.2. The van der Waals surface area contributed by atoms with Crippen LogP contribution >= 0.6 is 11.8 Å². The Morgan fingerprint density at radius 2 is 1.92 bits per heavy atom. The Balaban J connectivity index is 1.68. The zero-order valence-corrected chi connectivity index (χ0v) is 15.4. The van der Waals surface area contributed by atoms with Gasteiger partial charge in [-0.1, -0.05) is 18.2 Å². The lowest BCUT2D eigenvalue weighted by Crippen LogP contribution is -2.26. The molecule has 1 fully saturated rings. The normalized spacial score (nSPS) is 17.8. The van der Waals surface area contributed by atoms with Gasteiger partial charge in [0.05, 0.1) is 5.70 Å². The van der Waals surface area contributed by atoms with Gasteiger partial charge in [-0.25, -0.2) is 9.98 Å². The summed E-state index contributed by atoms with van der Waals surface area (Å²) in [5.41, 5.74) is 3.48. The van der Waals surface area contributed by atoms with Crippen molar-refractivity contribution in [1.82, 2.24) is 9.88 Å². The average Bonchev–Trinajstić information content (AvgIpc) is 3.17. The second-order valence-corrected chi connectivity index (χ2v) is 7.35. The van der Waals surface area contributed by atoms with Crippen LogP contribution in [-0.4, -0.2) is 34.0 Å². The molecule has 0 atom stereocenters. The van der Waals surface area contributed by atoms with Gasteiger partial charge in [0.2, 0.25) is 5.91 Å². The summed E-state index contributed by atoms with van der Waals surface area (Å²) in [6, 6.07) is 13.8. The summed E-state index contributed by atoms with van der Waals surface area (Å²) in [4.78, 5) is 23.8. The zero-order valence-electron chi connectivity index (χ0n) is 14.6. The van der Waals surface area contributed by atoms with E-state index in [0.29, 0.717) is 5.70 Å². The van der Waals surface area contributed by atoms with Crippen molar-refractivity contribution in [2.75, 3.05) is 18.4 Å². The number of benzene rings is 1. The van der Waals surface area contributed by atoms with Crippen molar-refractivity contribution in [2.45, 2.75) is 24.8 Å². The molecule has 132 valence electrons. The van der Waals surface area contributed by atoms with Crippen molar-refractivity contribution in [3.05, 3.63) is 59.8 Å². The van der Waals surface area contributed by atoms with E-state index in [2.05, 4.69) is 10.3 Å². The molecule has 3 heterocycles. The Labute approximate surface area is 157 Å². The van der Waals surface area contributed by atoms with Gasteiger partial charge in [0.25, 0.3) is 0 Å². The number of aryl methyl sites for hydroxylation is 1. The Kier molecular flexibility index (Phi) is 4.75. The molecule has 1 N–H and O–H groups in total. The number of hydrogen-bond donors (Lipinski definition) is 1. The number of nitrogens with zero attached hydrogens (tertiary/aromatic N) is 3. The van der Waals surface area contributed by atoms with Crippen molar-refractivity contribution in [2.24, 2.45) is 4.99 Å². The van der Waals surface area contributed by atoms with Crippen LogP contribution in [0.4, 0.5) is 5.69 Å². The SMILES string of the molecule is Cc1ccc2c(n1)SC(Nc1ccccc1)=N/C2=C/C(=O)N1CCCC1. The molecular formula is C20H20N4OS. The molecule has 0 radical (unpaired) electrons. The molecule has 6 heteroatoms. The molecule has 26 heavy (non-hydrogen) atoms. The largest absolute Gasteiger partial charge is 0.339 e. The number of nitrogens with one attached hydrogen (secondary N) is 1. The molecule has 5 nitrogen and oxygen atoms in total. The number of aliphatic imine (C=N–C) groups is 1. The van der Waals surface area contributed by atoms with Crippen LogP contribution in [0.15, 0.2) is 58.6 Å². The third kappa shape index (κ3) is 3.65. The van der Waals surface area contributed by atoms with Gasteiger partial charge < -0.3 is 10.2 Å². The van der Waals surface area contributed by atoms with Gasteiger partial charge in [0.15, 0.2) is 5.17 Å². The van der Waals surface area contributed by atoms with Crippen LogP contribution in [0.1, 0.15) is 24.1 Å². The van der Waals surface area contributed by atoms with E-state index >= 15 is 0 Å². The van der Waals surface area contributed by atoms with E-state index < -0.39 is 0 Å². The molecule has 1 aromatic heterocycles. The van der Waals surface area contributed by atoms with Gasteiger partial charge in [0.1, 0.15) is 5.03 Å².